The second-order valence-corrected chi connectivity index (χ2v) is 10.5. The van der Waals surface area contributed by atoms with Crippen molar-refractivity contribution in [2.45, 2.75) is 30.6 Å². The molecule has 10 nitrogen and oxygen atoms in total. The minimum absolute atomic E-state index is 0.137. The van der Waals surface area contributed by atoms with Crippen molar-refractivity contribution in [2.75, 3.05) is 25.5 Å². The maximum atomic E-state index is 12.9. The number of ether oxygens (including phenoxy) is 1. The summed E-state index contributed by atoms with van der Waals surface area (Å²) < 4.78 is 33.0. The number of nitro benzene ring substituents is 1. The minimum atomic E-state index is -3.60. The molecular formula is C21H22N4O6S2. The summed E-state index contributed by atoms with van der Waals surface area (Å²) in [7, 11) is -2.21. The number of benzene rings is 2. The number of nitrogens with one attached hydrogen (secondary N) is 1. The van der Waals surface area contributed by atoms with E-state index in [0.717, 1.165) is 37.0 Å². The number of methoxy groups -OCH3 is 1. The van der Waals surface area contributed by atoms with Crippen molar-refractivity contribution in [2.24, 2.45) is 0 Å². The number of nitro groups is 1. The summed E-state index contributed by atoms with van der Waals surface area (Å²) in [5.74, 6) is -0.236. The maximum absolute atomic E-state index is 12.9. The molecule has 12 heteroatoms. The number of rotatable bonds is 6. The van der Waals surface area contributed by atoms with E-state index in [1.807, 2.05) is 0 Å². The van der Waals surface area contributed by atoms with Crippen LogP contribution < -0.4 is 10.1 Å². The number of carbonyl (C=O) groups is 1. The summed E-state index contributed by atoms with van der Waals surface area (Å²) in [5, 5.41) is 14.0. The Balaban J connectivity index is 1.53. The second-order valence-electron chi connectivity index (χ2n) is 7.57. The third-order valence-corrected chi connectivity index (χ3v) is 8.25. The van der Waals surface area contributed by atoms with Gasteiger partial charge < -0.3 is 4.74 Å². The fourth-order valence-electron chi connectivity index (χ4n) is 3.68. The first kappa shape index (κ1) is 23.1. The predicted molar refractivity (Wildman–Crippen MR) is 124 cm³/mol. The molecule has 0 aliphatic carbocycles. The third kappa shape index (κ3) is 4.82. The Bertz CT molecular complexity index is 1300. The van der Waals surface area contributed by atoms with Gasteiger partial charge in [0.1, 0.15) is 5.52 Å². The van der Waals surface area contributed by atoms with E-state index >= 15 is 0 Å². The van der Waals surface area contributed by atoms with Gasteiger partial charge in [-0.1, -0.05) is 24.2 Å². The number of amides is 1. The van der Waals surface area contributed by atoms with Gasteiger partial charge in [0.15, 0.2) is 10.9 Å². The monoisotopic (exact) mass is 490 g/mol. The number of hydrogen-bond donors (Lipinski definition) is 1. The number of hydrogen-bond acceptors (Lipinski definition) is 8. The molecule has 0 unspecified atom stereocenters. The van der Waals surface area contributed by atoms with E-state index < -0.39 is 20.9 Å². The molecule has 0 radical (unpaired) electrons. The zero-order valence-corrected chi connectivity index (χ0v) is 19.4. The van der Waals surface area contributed by atoms with Crippen LogP contribution in [-0.2, 0) is 10.0 Å². The molecule has 0 atom stereocenters. The summed E-state index contributed by atoms with van der Waals surface area (Å²) >= 11 is 1.08. The topological polar surface area (TPSA) is 132 Å². The van der Waals surface area contributed by atoms with E-state index in [2.05, 4.69) is 10.3 Å². The summed E-state index contributed by atoms with van der Waals surface area (Å²) in [6.07, 6.45) is 3.73. The Kier molecular flexibility index (Phi) is 6.58. The first-order valence-corrected chi connectivity index (χ1v) is 12.6. The van der Waals surface area contributed by atoms with E-state index in [9.17, 15) is 23.3 Å². The lowest BCUT2D eigenvalue weighted by Crippen LogP contribution is -2.31. The number of aromatic nitrogens is 1. The molecule has 174 valence electrons. The van der Waals surface area contributed by atoms with E-state index in [1.165, 1.54) is 47.8 Å². The summed E-state index contributed by atoms with van der Waals surface area (Å²) in [4.78, 5) is 27.7. The van der Waals surface area contributed by atoms with Crippen LogP contribution in [0.3, 0.4) is 0 Å². The van der Waals surface area contributed by atoms with Gasteiger partial charge in [0.25, 0.3) is 11.6 Å². The van der Waals surface area contributed by atoms with Crippen molar-refractivity contribution in [3.8, 4) is 5.75 Å². The highest BCUT2D eigenvalue weighted by Crippen LogP contribution is 2.36. The van der Waals surface area contributed by atoms with Gasteiger partial charge in [0.05, 0.1) is 27.7 Å². The largest absolute Gasteiger partial charge is 0.494 e. The smallest absolute Gasteiger partial charge is 0.274 e. The fourth-order valence-corrected chi connectivity index (χ4v) is 6.11. The standard InChI is InChI=1S/C21H22N4O6S2/c1-31-17-12-15(25(27)28)13-18-19(17)22-21(32-18)23-20(26)14-6-8-16(9-7-14)33(29,30)24-10-4-2-3-5-11-24/h6-9,12-13H,2-5,10-11H2,1H3,(H,22,23,26). The van der Waals surface area contributed by atoms with Gasteiger partial charge >= 0.3 is 0 Å². The number of non-ortho nitro benzene ring substituents is 1. The Morgan fingerprint density at radius 2 is 1.82 bits per heavy atom. The van der Waals surface area contributed by atoms with Crippen LogP contribution in [0.5, 0.6) is 5.75 Å². The average Bonchev–Trinajstić information content (AvgIpc) is 3.01. The van der Waals surface area contributed by atoms with Crippen molar-refractivity contribution >= 4 is 48.3 Å². The molecular weight excluding hydrogens is 468 g/mol. The fraction of sp³-hybridized carbons (Fsp3) is 0.333. The van der Waals surface area contributed by atoms with Gasteiger partial charge in [0, 0.05) is 24.7 Å². The highest BCUT2D eigenvalue weighted by molar-refractivity contribution is 7.89. The Morgan fingerprint density at radius 3 is 2.42 bits per heavy atom. The highest BCUT2D eigenvalue weighted by atomic mass is 32.2. The Morgan fingerprint density at radius 1 is 1.15 bits per heavy atom. The molecule has 1 aliphatic heterocycles. The third-order valence-electron chi connectivity index (χ3n) is 5.42. The van der Waals surface area contributed by atoms with E-state index in [1.54, 1.807) is 0 Å². The molecule has 2 heterocycles. The molecule has 1 fully saturated rings. The average molecular weight is 491 g/mol. The second kappa shape index (κ2) is 9.41. The SMILES string of the molecule is COc1cc([N+](=O)[O-])cc2sc(NC(=O)c3ccc(S(=O)(=O)N4CCCCCC4)cc3)nc12. The molecule has 1 saturated heterocycles. The zero-order valence-electron chi connectivity index (χ0n) is 17.8. The van der Waals surface area contributed by atoms with Gasteiger partial charge in [-0.3, -0.25) is 20.2 Å². The number of carbonyl (C=O) groups excluding carboxylic acids is 1. The summed E-state index contributed by atoms with van der Waals surface area (Å²) in [6.45, 7) is 1.01. The molecule has 1 aliphatic rings. The van der Waals surface area contributed by atoms with Crippen molar-refractivity contribution in [1.82, 2.24) is 9.29 Å². The van der Waals surface area contributed by atoms with Crippen LogP contribution in [0.2, 0.25) is 0 Å². The molecule has 0 saturated carbocycles. The molecule has 1 amide bonds. The van der Waals surface area contributed by atoms with Gasteiger partial charge in [0.2, 0.25) is 10.0 Å². The molecule has 3 aromatic rings. The molecule has 0 spiro atoms. The summed E-state index contributed by atoms with van der Waals surface area (Å²) in [5.41, 5.74) is 0.534. The number of sulfonamides is 1. The molecule has 2 aromatic carbocycles. The van der Waals surface area contributed by atoms with Gasteiger partial charge in [-0.15, -0.1) is 0 Å². The van der Waals surface area contributed by atoms with Crippen molar-refractivity contribution in [3.63, 3.8) is 0 Å². The van der Waals surface area contributed by atoms with E-state index in [0.29, 0.717) is 23.3 Å². The highest BCUT2D eigenvalue weighted by Gasteiger charge is 2.25. The first-order valence-electron chi connectivity index (χ1n) is 10.3. The van der Waals surface area contributed by atoms with Crippen LogP contribution >= 0.6 is 11.3 Å². The van der Waals surface area contributed by atoms with Crippen LogP contribution in [-0.4, -0.2) is 48.7 Å². The number of thiazole rings is 1. The number of anilines is 1. The van der Waals surface area contributed by atoms with Crippen molar-refractivity contribution in [3.05, 3.63) is 52.1 Å². The van der Waals surface area contributed by atoms with Crippen molar-refractivity contribution in [1.29, 1.82) is 0 Å². The minimum Gasteiger partial charge on any atom is -0.494 e. The molecule has 1 aromatic heterocycles. The van der Waals surface area contributed by atoms with Gasteiger partial charge in [-0.2, -0.15) is 4.31 Å². The van der Waals surface area contributed by atoms with Crippen LogP contribution in [0.25, 0.3) is 10.2 Å². The van der Waals surface area contributed by atoms with Crippen LogP contribution in [0.4, 0.5) is 10.8 Å². The zero-order chi connectivity index (χ0) is 23.6. The molecule has 0 bridgehead atoms. The number of fused-ring (bicyclic) bond motifs is 1. The van der Waals surface area contributed by atoms with Crippen molar-refractivity contribution < 1.29 is 22.9 Å². The van der Waals surface area contributed by atoms with Crippen LogP contribution in [0, 0.1) is 10.1 Å². The first-order chi connectivity index (χ1) is 15.8. The molecule has 1 N–H and O–H groups in total. The van der Waals surface area contributed by atoms with Gasteiger partial charge in [-0.05, 0) is 37.1 Å². The van der Waals surface area contributed by atoms with E-state index in [4.69, 9.17) is 4.74 Å². The number of nitrogens with zero attached hydrogens (tertiary/aromatic N) is 3. The predicted octanol–water partition coefficient (Wildman–Crippen LogP) is 4.03. The maximum Gasteiger partial charge on any atom is 0.274 e. The Hall–Kier alpha value is -3.09. The lowest BCUT2D eigenvalue weighted by Gasteiger charge is -2.20. The normalized spacial score (nSPS) is 15.2. The Labute approximate surface area is 194 Å². The molecule has 33 heavy (non-hydrogen) atoms. The van der Waals surface area contributed by atoms with Crippen LogP contribution in [0.1, 0.15) is 36.0 Å². The lowest BCUT2D eigenvalue weighted by molar-refractivity contribution is -0.384. The van der Waals surface area contributed by atoms with Gasteiger partial charge in [-0.25, -0.2) is 13.4 Å². The lowest BCUT2D eigenvalue weighted by atomic mass is 10.2. The summed E-state index contributed by atoms with van der Waals surface area (Å²) in [6, 6.07) is 8.42. The quantitative estimate of drug-likeness (QED) is 0.407. The molecule has 4 rings (SSSR count). The van der Waals surface area contributed by atoms with Crippen LogP contribution in [0.15, 0.2) is 41.3 Å². The van der Waals surface area contributed by atoms with E-state index in [-0.39, 0.29) is 27.0 Å².